The predicted octanol–water partition coefficient (Wildman–Crippen LogP) is 3.02. The Kier molecular flexibility index (Phi) is 5.45. The van der Waals surface area contributed by atoms with E-state index in [1.807, 2.05) is 61.0 Å². The molecule has 0 fully saturated rings. The molecule has 6 nitrogen and oxygen atoms in total. The fourth-order valence-electron chi connectivity index (χ4n) is 2.51. The Hall–Kier alpha value is -2.67. The normalized spacial score (nSPS) is 10.6. The molecule has 3 aromatic rings. The Balaban J connectivity index is 1.69. The lowest BCUT2D eigenvalue weighted by molar-refractivity contribution is -0.116. The van der Waals surface area contributed by atoms with Crippen molar-refractivity contribution in [1.29, 1.82) is 0 Å². The van der Waals surface area contributed by atoms with Gasteiger partial charge in [0.15, 0.2) is 11.0 Å². The van der Waals surface area contributed by atoms with Gasteiger partial charge in [-0.05, 0) is 31.2 Å². The van der Waals surface area contributed by atoms with Gasteiger partial charge in [0.25, 0.3) is 0 Å². The first-order chi connectivity index (χ1) is 12.2. The van der Waals surface area contributed by atoms with E-state index in [-0.39, 0.29) is 5.91 Å². The maximum Gasteiger partial charge on any atom is 0.237 e. The number of thioether (sulfide) groups is 1. The van der Waals surface area contributed by atoms with Gasteiger partial charge in [-0.15, -0.1) is 10.2 Å². The minimum atomic E-state index is 0.0483. The molecule has 7 heteroatoms. The molecule has 1 amide bonds. The van der Waals surface area contributed by atoms with Crippen LogP contribution < -0.4 is 4.90 Å². The third-order valence-electron chi connectivity index (χ3n) is 3.78. The second-order valence-electron chi connectivity index (χ2n) is 5.36. The van der Waals surface area contributed by atoms with Gasteiger partial charge in [-0.3, -0.25) is 9.78 Å². The molecule has 0 bridgehead atoms. The molecule has 1 aromatic carbocycles. The molecule has 0 aliphatic rings. The van der Waals surface area contributed by atoms with Crippen LogP contribution in [-0.4, -0.2) is 38.0 Å². The van der Waals surface area contributed by atoms with Crippen molar-refractivity contribution in [3.63, 3.8) is 0 Å². The second kappa shape index (κ2) is 7.94. The van der Waals surface area contributed by atoms with E-state index >= 15 is 0 Å². The van der Waals surface area contributed by atoms with Crippen molar-refractivity contribution in [1.82, 2.24) is 19.7 Å². The molecule has 25 heavy (non-hydrogen) atoms. The molecule has 0 unspecified atom stereocenters. The van der Waals surface area contributed by atoms with Gasteiger partial charge in [-0.25, -0.2) is 0 Å². The van der Waals surface area contributed by atoms with E-state index in [2.05, 4.69) is 15.2 Å². The molecule has 2 aromatic heterocycles. The monoisotopic (exact) mass is 353 g/mol. The lowest BCUT2D eigenvalue weighted by Gasteiger charge is -2.20. The lowest BCUT2D eigenvalue weighted by Crippen LogP contribution is -2.32. The summed E-state index contributed by atoms with van der Waals surface area (Å²) in [5.74, 6) is 1.12. The lowest BCUT2D eigenvalue weighted by atomic mass is 10.2. The van der Waals surface area contributed by atoms with Gasteiger partial charge in [0.2, 0.25) is 5.91 Å². The van der Waals surface area contributed by atoms with Crippen LogP contribution in [-0.2, 0) is 11.8 Å². The van der Waals surface area contributed by atoms with Gasteiger partial charge >= 0.3 is 0 Å². The number of amides is 1. The number of nitrogens with zero attached hydrogens (tertiary/aromatic N) is 5. The summed E-state index contributed by atoms with van der Waals surface area (Å²) in [5.41, 5.74) is 1.86. The van der Waals surface area contributed by atoms with Crippen molar-refractivity contribution < 1.29 is 4.79 Å². The number of rotatable bonds is 6. The van der Waals surface area contributed by atoms with Gasteiger partial charge < -0.3 is 9.47 Å². The number of para-hydroxylation sites is 1. The van der Waals surface area contributed by atoms with Crippen molar-refractivity contribution in [3.8, 4) is 11.4 Å². The van der Waals surface area contributed by atoms with Crippen LogP contribution in [0.5, 0.6) is 0 Å². The molecule has 0 saturated carbocycles. The first kappa shape index (κ1) is 17.2. The zero-order valence-electron chi connectivity index (χ0n) is 14.2. The van der Waals surface area contributed by atoms with Crippen LogP contribution in [0.4, 0.5) is 5.69 Å². The van der Waals surface area contributed by atoms with Gasteiger partial charge in [-0.1, -0.05) is 30.0 Å². The molecular weight excluding hydrogens is 334 g/mol. The molecule has 2 heterocycles. The smallest absolute Gasteiger partial charge is 0.237 e. The number of carbonyl (C=O) groups is 1. The molecule has 0 N–H and O–H groups in total. The number of aromatic nitrogens is 4. The second-order valence-corrected chi connectivity index (χ2v) is 6.31. The Morgan fingerprint density at radius 3 is 2.52 bits per heavy atom. The van der Waals surface area contributed by atoms with Crippen molar-refractivity contribution in [2.24, 2.45) is 7.05 Å². The summed E-state index contributed by atoms with van der Waals surface area (Å²) in [4.78, 5) is 18.4. The Morgan fingerprint density at radius 1 is 1.12 bits per heavy atom. The Morgan fingerprint density at radius 2 is 1.84 bits per heavy atom. The zero-order valence-corrected chi connectivity index (χ0v) is 15.0. The quantitative estimate of drug-likeness (QED) is 0.638. The molecule has 0 aliphatic heterocycles. The van der Waals surface area contributed by atoms with E-state index in [1.165, 1.54) is 11.8 Å². The standard InChI is InChI=1S/C18H19N5OS/c1-3-23(15-7-5-4-6-8-15)16(24)13-25-18-21-20-17(22(18)2)14-9-11-19-12-10-14/h4-12H,3,13H2,1-2H3. The van der Waals surface area contributed by atoms with Crippen molar-refractivity contribution in [2.45, 2.75) is 12.1 Å². The highest BCUT2D eigenvalue weighted by Crippen LogP contribution is 2.23. The van der Waals surface area contributed by atoms with E-state index in [0.717, 1.165) is 17.1 Å². The van der Waals surface area contributed by atoms with E-state index in [1.54, 1.807) is 17.3 Å². The highest BCUT2D eigenvalue weighted by molar-refractivity contribution is 7.99. The van der Waals surface area contributed by atoms with Gasteiger partial charge in [0.05, 0.1) is 5.75 Å². The average molecular weight is 353 g/mol. The molecule has 128 valence electrons. The average Bonchev–Trinajstić information content (AvgIpc) is 3.03. The number of pyridine rings is 1. The zero-order chi connectivity index (χ0) is 17.6. The van der Waals surface area contributed by atoms with Crippen molar-refractivity contribution >= 4 is 23.4 Å². The van der Waals surface area contributed by atoms with Crippen molar-refractivity contribution in [2.75, 3.05) is 17.2 Å². The largest absolute Gasteiger partial charge is 0.312 e. The summed E-state index contributed by atoms with van der Waals surface area (Å²) in [6, 6.07) is 13.5. The molecule has 0 radical (unpaired) electrons. The first-order valence-electron chi connectivity index (χ1n) is 7.98. The van der Waals surface area contributed by atoms with Crippen LogP contribution in [0.15, 0.2) is 60.0 Å². The fourth-order valence-corrected chi connectivity index (χ4v) is 3.30. The number of anilines is 1. The number of hydrogen-bond acceptors (Lipinski definition) is 5. The summed E-state index contributed by atoms with van der Waals surface area (Å²) < 4.78 is 1.89. The predicted molar refractivity (Wildman–Crippen MR) is 99.4 cm³/mol. The number of benzene rings is 1. The molecule has 3 rings (SSSR count). The highest BCUT2D eigenvalue weighted by atomic mass is 32.2. The van der Waals surface area contributed by atoms with E-state index in [4.69, 9.17) is 0 Å². The van der Waals surface area contributed by atoms with Crippen molar-refractivity contribution in [3.05, 3.63) is 54.9 Å². The van der Waals surface area contributed by atoms with E-state index < -0.39 is 0 Å². The van der Waals surface area contributed by atoms with Crippen LogP contribution in [0.1, 0.15) is 6.92 Å². The third kappa shape index (κ3) is 3.88. The van der Waals surface area contributed by atoms with Crippen LogP contribution in [0, 0.1) is 0 Å². The summed E-state index contributed by atoms with van der Waals surface area (Å²) in [6.45, 7) is 2.60. The van der Waals surface area contributed by atoms with Gasteiger partial charge in [0.1, 0.15) is 0 Å². The maximum atomic E-state index is 12.6. The molecular formula is C18H19N5OS. The minimum absolute atomic E-state index is 0.0483. The molecule has 0 spiro atoms. The van der Waals surface area contributed by atoms with E-state index in [0.29, 0.717) is 17.5 Å². The topological polar surface area (TPSA) is 63.9 Å². The Bertz CT molecular complexity index is 835. The SMILES string of the molecule is CCN(C(=O)CSc1nnc(-c2ccncc2)n1C)c1ccccc1. The van der Waals surface area contributed by atoms with Crippen LogP contribution in [0.3, 0.4) is 0 Å². The van der Waals surface area contributed by atoms with Crippen LogP contribution in [0.25, 0.3) is 11.4 Å². The van der Waals surface area contributed by atoms with Crippen LogP contribution >= 0.6 is 11.8 Å². The number of hydrogen-bond donors (Lipinski definition) is 0. The summed E-state index contributed by atoms with van der Waals surface area (Å²) in [7, 11) is 1.90. The van der Waals surface area contributed by atoms with Crippen LogP contribution in [0.2, 0.25) is 0 Å². The third-order valence-corrected chi connectivity index (χ3v) is 4.79. The summed E-state index contributed by atoms with van der Waals surface area (Å²) in [5, 5.41) is 9.15. The molecule has 0 saturated heterocycles. The Labute approximate surface area is 150 Å². The molecule has 0 atom stereocenters. The summed E-state index contributed by atoms with van der Waals surface area (Å²) >= 11 is 1.39. The minimum Gasteiger partial charge on any atom is -0.312 e. The highest BCUT2D eigenvalue weighted by Gasteiger charge is 2.17. The van der Waals surface area contributed by atoms with Gasteiger partial charge in [0, 0.05) is 37.2 Å². The fraction of sp³-hybridized carbons (Fsp3) is 0.222. The number of carbonyl (C=O) groups excluding carboxylic acids is 1. The maximum absolute atomic E-state index is 12.6. The van der Waals surface area contributed by atoms with Gasteiger partial charge in [-0.2, -0.15) is 0 Å². The first-order valence-corrected chi connectivity index (χ1v) is 8.97. The van der Waals surface area contributed by atoms with E-state index in [9.17, 15) is 4.79 Å². The molecule has 0 aliphatic carbocycles. The summed E-state index contributed by atoms with van der Waals surface area (Å²) in [6.07, 6.45) is 3.44.